The molecule has 0 radical (unpaired) electrons. The predicted molar refractivity (Wildman–Crippen MR) is 64.7 cm³/mol. The number of nitrogens with two attached hydrogens (primary N) is 2. The van der Waals surface area contributed by atoms with Crippen LogP contribution in [0.2, 0.25) is 0 Å². The lowest BCUT2D eigenvalue weighted by Crippen LogP contribution is -2.21. The third kappa shape index (κ3) is 2.87. The minimum absolute atomic E-state index is 0.195. The molecule has 1 aliphatic rings. The third-order valence-corrected chi connectivity index (χ3v) is 3.01. The van der Waals surface area contributed by atoms with Crippen molar-refractivity contribution >= 4 is 11.6 Å². The fourth-order valence-corrected chi connectivity index (χ4v) is 2.08. The SMILES string of the molecule is NC(=O)c1cc(OC2CCCCC2)ncc1N. The number of hydrogen-bond acceptors (Lipinski definition) is 4. The van der Waals surface area contributed by atoms with Gasteiger partial charge in [-0.15, -0.1) is 0 Å². The first-order valence-corrected chi connectivity index (χ1v) is 5.89. The lowest BCUT2D eigenvalue weighted by molar-refractivity contribution is 0.0999. The number of hydrogen-bond donors (Lipinski definition) is 2. The average Bonchev–Trinajstić information content (AvgIpc) is 2.32. The molecule has 92 valence electrons. The number of anilines is 1. The molecule has 0 aromatic carbocycles. The zero-order chi connectivity index (χ0) is 12.3. The number of primary amides is 1. The molecular formula is C12H17N3O2. The van der Waals surface area contributed by atoms with Crippen molar-refractivity contribution in [2.75, 3.05) is 5.73 Å². The molecular weight excluding hydrogens is 218 g/mol. The lowest BCUT2D eigenvalue weighted by Gasteiger charge is -2.22. The number of nitrogens with zero attached hydrogens (tertiary/aromatic N) is 1. The van der Waals surface area contributed by atoms with Crippen LogP contribution in [0, 0.1) is 0 Å². The summed E-state index contributed by atoms with van der Waals surface area (Å²) < 4.78 is 5.73. The molecule has 5 heteroatoms. The molecule has 1 aliphatic carbocycles. The average molecular weight is 235 g/mol. The van der Waals surface area contributed by atoms with E-state index in [2.05, 4.69) is 4.98 Å². The lowest BCUT2D eigenvalue weighted by atomic mass is 9.98. The Bertz CT molecular complexity index is 414. The Hall–Kier alpha value is -1.78. The van der Waals surface area contributed by atoms with Crippen molar-refractivity contribution in [3.05, 3.63) is 17.8 Å². The van der Waals surface area contributed by atoms with E-state index in [9.17, 15) is 4.79 Å². The molecule has 5 nitrogen and oxygen atoms in total. The van der Waals surface area contributed by atoms with Crippen LogP contribution in [0.4, 0.5) is 5.69 Å². The Morgan fingerprint density at radius 2 is 2.06 bits per heavy atom. The highest BCUT2D eigenvalue weighted by atomic mass is 16.5. The number of nitrogen functional groups attached to an aromatic ring is 1. The molecule has 0 saturated heterocycles. The van der Waals surface area contributed by atoms with Gasteiger partial charge in [0, 0.05) is 6.07 Å². The summed E-state index contributed by atoms with van der Waals surface area (Å²) in [6.45, 7) is 0. The van der Waals surface area contributed by atoms with Crippen molar-refractivity contribution in [3.63, 3.8) is 0 Å². The van der Waals surface area contributed by atoms with E-state index >= 15 is 0 Å². The van der Waals surface area contributed by atoms with Crippen LogP contribution in [0.25, 0.3) is 0 Å². The van der Waals surface area contributed by atoms with Crippen LogP contribution in [0.3, 0.4) is 0 Å². The number of ether oxygens (including phenoxy) is 1. The van der Waals surface area contributed by atoms with E-state index in [1.807, 2.05) is 0 Å². The maximum atomic E-state index is 11.1. The number of carbonyl (C=O) groups excluding carboxylic acids is 1. The minimum Gasteiger partial charge on any atom is -0.474 e. The first-order chi connectivity index (χ1) is 8.16. The summed E-state index contributed by atoms with van der Waals surface area (Å²) >= 11 is 0. The highest BCUT2D eigenvalue weighted by Crippen LogP contribution is 2.23. The molecule has 0 unspecified atom stereocenters. The number of rotatable bonds is 3. The molecule has 0 spiro atoms. The van der Waals surface area contributed by atoms with E-state index in [1.54, 1.807) is 0 Å². The monoisotopic (exact) mass is 235 g/mol. The standard InChI is InChI=1S/C12H17N3O2/c13-10-7-15-11(6-9(10)12(14)16)17-8-4-2-1-3-5-8/h6-8H,1-5,13H2,(H2,14,16). The van der Waals surface area contributed by atoms with E-state index in [4.69, 9.17) is 16.2 Å². The fraction of sp³-hybridized carbons (Fsp3) is 0.500. The van der Waals surface area contributed by atoms with Crippen LogP contribution in [0.5, 0.6) is 5.88 Å². The molecule has 4 N–H and O–H groups in total. The van der Waals surface area contributed by atoms with Crippen LogP contribution in [0.1, 0.15) is 42.5 Å². The molecule has 1 aromatic heterocycles. The van der Waals surface area contributed by atoms with Crippen LogP contribution < -0.4 is 16.2 Å². The zero-order valence-corrected chi connectivity index (χ0v) is 9.69. The first kappa shape index (κ1) is 11.7. The van der Waals surface area contributed by atoms with Crippen molar-refractivity contribution in [2.24, 2.45) is 5.73 Å². The molecule has 1 amide bonds. The van der Waals surface area contributed by atoms with Gasteiger partial charge in [-0.25, -0.2) is 4.98 Å². The van der Waals surface area contributed by atoms with Gasteiger partial charge in [-0.05, 0) is 25.7 Å². The number of amides is 1. The van der Waals surface area contributed by atoms with Crippen LogP contribution in [0.15, 0.2) is 12.3 Å². The normalized spacial score (nSPS) is 16.7. The number of pyridine rings is 1. The summed E-state index contributed by atoms with van der Waals surface area (Å²) in [5.74, 6) is -0.127. The van der Waals surface area contributed by atoms with Gasteiger partial charge in [0.05, 0.1) is 17.4 Å². The molecule has 2 rings (SSSR count). The van der Waals surface area contributed by atoms with Crippen LogP contribution in [-0.4, -0.2) is 17.0 Å². The van der Waals surface area contributed by atoms with Gasteiger partial charge in [-0.2, -0.15) is 0 Å². The number of carbonyl (C=O) groups is 1. The highest BCUT2D eigenvalue weighted by molar-refractivity contribution is 5.97. The maximum absolute atomic E-state index is 11.1. The predicted octanol–water partition coefficient (Wildman–Crippen LogP) is 1.47. The Morgan fingerprint density at radius 1 is 1.35 bits per heavy atom. The topological polar surface area (TPSA) is 91.2 Å². The smallest absolute Gasteiger partial charge is 0.251 e. The van der Waals surface area contributed by atoms with E-state index < -0.39 is 5.91 Å². The summed E-state index contributed by atoms with van der Waals surface area (Å²) in [5, 5.41) is 0. The van der Waals surface area contributed by atoms with Gasteiger partial charge in [-0.1, -0.05) is 6.42 Å². The van der Waals surface area contributed by atoms with Crippen molar-refractivity contribution in [3.8, 4) is 5.88 Å². The number of aromatic nitrogens is 1. The van der Waals surface area contributed by atoms with Gasteiger partial charge >= 0.3 is 0 Å². The summed E-state index contributed by atoms with van der Waals surface area (Å²) in [6.07, 6.45) is 7.32. The van der Waals surface area contributed by atoms with Gasteiger partial charge in [0.2, 0.25) is 5.88 Å². The quantitative estimate of drug-likeness (QED) is 0.830. The second-order valence-corrected chi connectivity index (χ2v) is 4.35. The summed E-state index contributed by atoms with van der Waals surface area (Å²) in [4.78, 5) is 15.2. The van der Waals surface area contributed by atoms with E-state index in [1.165, 1.54) is 31.5 Å². The maximum Gasteiger partial charge on any atom is 0.251 e. The van der Waals surface area contributed by atoms with E-state index in [0.29, 0.717) is 5.88 Å². The van der Waals surface area contributed by atoms with Crippen LogP contribution in [-0.2, 0) is 0 Å². The van der Waals surface area contributed by atoms with E-state index in [-0.39, 0.29) is 17.4 Å². The van der Waals surface area contributed by atoms with Crippen molar-refractivity contribution in [2.45, 2.75) is 38.2 Å². The molecule has 1 saturated carbocycles. The van der Waals surface area contributed by atoms with Gasteiger partial charge in [0.1, 0.15) is 6.10 Å². The van der Waals surface area contributed by atoms with Crippen LogP contribution >= 0.6 is 0 Å². The Labute approximate surface area is 100 Å². The van der Waals surface area contributed by atoms with Gasteiger partial charge in [0.15, 0.2) is 0 Å². The summed E-state index contributed by atoms with van der Waals surface area (Å²) in [7, 11) is 0. The summed E-state index contributed by atoms with van der Waals surface area (Å²) in [6, 6.07) is 1.52. The Kier molecular flexibility index (Phi) is 3.46. The molecule has 17 heavy (non-hydrogen) atoms. The van der Waals surface area contributed by atoms with Crippen molar-refractivity contribution < 1.29 is 9.53 Å². The fourth-order valence-electron chi connectivity index (χ4n) is 2.08. The van der Waals surface area contributed by atoms with Gasteiger partial charge in [0.25, 0.3) is 5.91 Å². The molecule has 0 bridgehead atoms. The first-order valence-electron chi connectivity index (χ1n) is 5.89. The molecule has 0 atom stereocenters. The molecule has 1 heterocycles. The Morgan fingerprint density at radius 3 is 2.71 bits per heavy atom. The van der Waals surface area contributed by atoms with Gasteiger partial charge < -0.3 is 16.2 Å². The highest BCUT2D eigenvalue weighted by Gasteiger charge is 2.16. The Balaban J connectivity index is 2.10. The largest absolute Gasteiger partial charge is 0.474 e. The summed E-state index contributed by atoms with van der Waals surface area (Å²) in [5.41, 5.74) is 11.4. The zero-order valence-electron chi connectivity index (χ0n) is 9.69. The van der Waals surface area contributed by atoms with Gasteiger partial charge in [-0.3, -0.25) is 4.79 Å². The van der Waals surface area contributed by atoms with Crippen molar-refractivity contribution in [1.82, 2.24) is 4.98 Å². The van der Waals surface area contributed by atoms with Crippen molar-refractivity contribution in [1.29, 1.82) is 0 Å². The second kappa shape index (κ2) is 5.03. The third-order valence-electron chi connectivity index (χ3n) is 3.01. The second-order valence-electron chi connectivity index (χ2n) is 4.35. The molecule has 1 fully saturated rings. The molecule has 1 aromatic rings. The molecule has 0 aliphatic heterocycles. The van der Waals surface area contributed by atoms with E-state index in [0.717, 1.165) is 12.8 Å². The minimum atomic E-state index is -0.557.